The molecule has 126 valence electrons. The van der Waals surface area contributed by atoms with Gasteiger partial charge in [0.1, 0.15) is 5.58 Å². The Labute approximate surface area is 148 Å². The van der Waals surface area contributed by atoms with E-state index in [9.17, 15) is 0 Å². The number of hydrogen-bond donors (Lipinski definition) is 0. The Morgan fingerprint density at radius 1 is 0.720 bits per heavy atom. The van der Waals surface area contributed by atoms with Crippen molar-refractivity contribution < 1.29 is 4.42 Å². The highest BCUT2D eigenvalue weighted by atomic mass is 16.3. The predicted molar refractivity (Wildman–Crippen MR) is 107 cm³/mol. The molecule has 0 aliphatic heterocycles. The second-order valence-electron chi connectivity index (χ2n) is 7.58. The van der Waals surface area contributed by atoms with Crippen LogP contribution in [0.2, 0.25) is 0 Å². The molecule has 0 N–H and O–H groups in total. The number of furan rings is 1. The molecule has 1 heterocycles. The first-order valence-corrected chi connectivity index (χ1v) is 8.70. The van der Waals surface area contributed by atoms with Crippen molar-refractivity contribution in [2.24, 2.45) is 0 Å². The molecule has 0 aliphatic rings. The van der Waals surface area contributed by atoms with Crippen molar-refractivity contribution in [1.82, 2.24) is 0 Å². The van der Waals surface area contributed by atoms with Crippen LogP contribution < -0.4 is 4.90 Å². The first-order chi connectivity index (χ1) is 12.0. The van der Waals surface area contributed by atoms with Crippen LogP contribution in [-0.4, -0.2) is 7.05 Å². The Hall–Kier alpha value is -2.74. The summed E-state index contributed by atoms with van der Waals surface area (Å²) in [6.07, 6.45) is 0. The summed E-state index contributed by atoms with van der Waals surface area (Å²) in [5.74, 6) is 0. The number of para-hydroxylation sites is 3. The number of fused-ring (bicyclic) bond motifs is 3. The zero-order chi connectivity index (χ0) is 17.6. The molecule has 0 unspecified atom stereocenters. The lowest BCUT2D eigenvalue weighted by molar-refractivity contribution is 0.590. The molecular weight excluding hydrogens is 306 g/mol. The summed E-state index contributed by atoms with van der Waals surface area (Å²) in [7, 11) is 2.12. The number of benzene rings is 3. The van der Waals surface area contributed by atoms with E-state index >= 15 is 0 Å². The molecule has 0 amide bonds. The number of rotatable bonds is 2. The minimum absolute atomic E-state index is 0.0760. The van der Waals surface area contributed by atoms with E-state index < -0.39 is 0 Å². The van der Waals surface area contributed by atoms with Crippen molar-refractivity contribution in [2.45, 2.75) is 26.2 Å². The Morgan fingerprint density at radius 3 is 2.16 bits per heavy atom. The molecule has 0 saturated carbocycles. The summed E-state index contributed by atoms with van der Waals surface area (Å²) in [5, 5.41) is 2.32. The van der Waals surface area contributed by atoms with E-state index in [1.807, 2.05) is 12.1 Å². The van der Waals surface area contributed by atoms with Gasteiger partial charge in [-0.3, -0.25) is 0 Å². The third-order valence-corrected chi connectivity index (χ3v) is 4.82. The summed E-state index contributed by atoms with van der Waals surface area (Å²) < 4.78 is 6.21. The average Bonchev–Trinajstić information content (AvgIpc) is 2.99. The van der Waals surface area contributed by atoms with Gasteiger partial charge in [0, 0.05) is 23.5 Å². The van der Waals surface area contributed by atoms with E-state index in [1.54, 1.807) is 0 Å². The third kappa shape index (κ3) is 2.58. The minimum atomic E-state index is 0.0760. The zero-order valence-corrected chi connectivity index (χ0v) is 15.2. The monoisotopic (exact) mass is 329 g/mol. The molecule has 0 spiro atoms. The summed E-state index contributed by atoms with van der Waals surface area (Å²) in [6.45, 7) is 6.75. The summed E-state index contributed by atoms with van der Waals surface area (Å²) in [6, 6.07) is 23.2. The maximum absolute atomic E-state index is 6.21. The van der Waals surface area contributed by atoms with Crippen molar-refractivity contribution >= 4 is 33.3 Å². The summed E-state index contributed by atoms with van der Waals surface area (Å²) in [5.41, 5.74) is 5.57. The van der Waals surface area contributed by atoms with Gasteiger partial charge in [-0.2, -0.15) is 0 Å². The molecule has 4 aromatic rings. The van der Waals surface area contributed by atoms with Crippen molar-refractivity contribution in [3.8, 4) is 0 Å². The molecule has 1 aromatic heterocycles. The van der Waals surface area contributed by atoms with E-state index in [2.05, 4.69) is 87.3 Å². The van der Waals surface area contributed by atoms with Crippen molar-refractivity contribution in [3.05, 3.63) is 72.3 Å². The molecule has 3 aromatic carbocycles. The molecule has 0 saturated heterocycles. The van der Waals surface area contributed by atoms with Gasteiger partial charge in [-0.05, 0) is 29.2 Å². The van der Waals surface area contributed by atoms with Gasteiger partial charge < -0.3 is 9.32 Å². The fraction of sp³-hybridized carbons (Fsp3) is 0.217. The second-order valence-corrected chi connectivity index (χ2v) is 7.58. The lowest BCUT2D eigenvalue weighted by atomic mass is 9.85. The van der Waals surface area contributed by atoms with Crippen LogP contribution >= 0.6 is 0 Å². The van der Waals surface area contributed by atoms with Gasteiger partial charge in [-0.25, -0.2) is 0 Å². The Balaban J connectivity index is 1.94. The molecule has 0 radical (unpaired) electrons. The lowest BCUT2D eigenvalue weighted by Gasteiger charge is -2.29. The first-order valence-electron chi connectivity index (χ1n) is 8.70. The van der Waals surface area contributed by atoms with Crippen molar-refractivity contribution in [3.63, 3.8) is 0 Å². The Kier molecular flexibility index (Phi) is 3.57. The van der Waals surface area contributed by atoms with Gasteiger partial charge in [-0.1, -0.05) is 69.3 Å². The maximum Gasteiger partial charge on any atom is 0.159 e. The van der Waals surface area contributed by atoms with E-state index in [0.717, 1.165) is 27.6 Å². The smallest absolute Gasteiger partial charge is 0.159 e. The molecule has 0 bridgehead atoms. The van der Waals surface area contributed by atoms with Gasteiger partial charge in [-0.15, -0.1) is 0 Å². The van der Waals surface area contributed by atoms with Crippen LogP contribution in [0.4, 0.5) is 11.4 Å². The number of nitrogens with zero attached hydrogens (tertiary/aromatic N) is 1. The molecule has 0 fully saturated rings. The topological polar surface area (TPSA) is 16.4 Å². The zero-order valence-electron chi connectivity index (χ0n) is 15.2. The Morgan fingerprint density at radius 2 is 1.36 bits per heavy atom. The van der Waals surface area contributed by atoms with Gasteiger partial charge in [0.05, 0.1) is 5.69 Å². The fourth-order valence-corrected chi connectivity index (χ4v) is 3.53. The van der Waals surface area contributed by atoms with Gasteiger partial charge in [0.2, 0.25) is 0 Å². The van der Waals surface area contributed by atoms with Crippen LogP contribution in [0.25, 0.3) is 21.9 Å². The standard InChI is InChI=1S/C23H23NO/c1-23(2,3)18-12-6-7-13-19(18)24(4)20-14-9-11-17-16-10-5-8-15-21(16)25-22(17)20/h5-15H,1-4H3. The molecule has 2 heteroatoms. The van der Waals surface area contributed by atoms with Crippen LogP contribution in [0.1, 0.15) is 26.3 Å². The molecule has 0 atom stereocenters. The fourth-order valence-electron chi connectivity index (χ4n) is 3.53. The quantitative estimate of drug-likeness (QED) is 0.409. The SMILES string of the molecule is CN(c1ccccc1C(C)(C)C)c1cccc2c1oc1ccccc12. The summed E-state index contributed by atoms with van der Waals surface area (Å²) >= 11 is 0. The van der Waals surface area contributed by atoms with E-state index in [0.29, 0.717) is 0 Å². The largest absolute Gasteiger partial charge is 0.454 e. The Bertz CT molecular complexity index is 1050. The second kappa shape index (κ2) is 5.66. The van der Waals surface area contributed by atoms with Crippen LogP contribution in [0, 0.1) is 0 Å². The minimum Gasteiger partial charge on any atom is -0.454 e. The molecule has 2 nitrogen and oxygen atoms in total. The number of hydrogen-bond acceptors (Lipinski definition) is 2. The molecule has 0 aliphatic carbocycles. The van der Waals surface area contributed by atoms with E-state index in [-0.39, 0.29) is 5.41 Å². The summed E-state index contributed by atoms with van der Waals surface area (Å²) in [4.78, 5) is 2.24. The predicted octanol–water partition coefficient (Wildman–Crippen LogP) is 6.65. The van der Waals surface area contributed by atoms with Crippen LogP contribution in [0.15, 0.2) is 71.1 Å². The van der Waals surface area contributed by atoms with Crippen molar-refractivity contribution in [2.75, 3.05) is 11.9 Å². The maximum atomic E-state index is 6.21. The average molecular weight is 329 g/mol. The highest BCUT2D eigenvalue weighted by molar-refractivity contribution is 6.09. The number of anilines is 2. The molecular formula is C23H23NO. The van der Waals surface area contributed by atoms with E-state index in [1.165, 1.54) is 11.3 Å². The van der Waals surface area contributed by atoms with E-state index in [4.69, 9.17) is 4.42 Å². The third-order valence-electron chi connectivity index (χ3n) is 4.82. The lowest BCUT2D eigenvalue weighted by Crippen LogP contribution is -2.19. The molecule has 4 rings (SSSR count). The van der Waals surface area contributed by atoms with Crippen molar-refractivity contribution in [1.29, 1.82) is 0 Å². The van der Waals surface area contributed by atoms with Gasteiger partial charge in [0.25, 0.3) is 0 Å². The van der Waals surface area contributed by atoms with Gasteiger partial charge in [0.15, 0.2) is 5.58 Å². The highest BCUT2D eigenvalue weighted by Gasteiger charge is 2.21. The van der Waals surface area contributed by atoms with Crippen LogP contribution in [0.3, 0.4) is 0 Å². The van der Waals surface area contributed by atoms with Crippen LogP contribution in [-0.2, 0) is 5.41 Å². The molecule has 25 heavy (non-hydrogen) atoms. The highest BCUT2D eigenvalue weighted by Crippen LogP contribution is 2.40. The first kappa shape index (κ1) is 15.8. The van der Waals surface area contributed by atoms with Crippen LogP contribution in [0.5, 0.6) is 0 Å². The normalized spacial score (nSPS) is 12.0. The van der Waals surface area contributed by atoms with Gasteiger partial charge >= 0.3 is 0 Å².